The predicted octanol–water partition coefficient (Wildman–Crippen LogP) is 2.35. The van der Waals surface area contributed by atoms with Gasteiger partial charge in [0.25, 0.3) is 3.79 Å². The number of ether oxygens (including phenoxy) is 5. The van der Waals surface area contributed by atoms with Crippen molar-refractivity contribution in [2.75, 3.05) is 20.8 Å². The summed E-state index contributed by atoms with van der Waals surface area (Å²) in [7, 11) is 2.75. The molecule has 1 heterocycles. The van der Waals surface area contributed by atoms with Gasteiger partial charge >= 0.3 is 5.97 Å². The first-order valence-corrected chi connectivity index (χ1v) is 8.00. The normalized spacial score (nSPS) is 29.4. The van der Waals surface area contributed by atoms with Crippen LogP contribution in [-0.2, 0) is 28.5 Å². The quantitative estimate of drug-likeness (QED) is 0.133. The third-order valence-electron chi connectivity index (χ3n) is 3.29. The number of alkyl halides is 3. The Kier molecular flexibility index (Phi) is 8.49. The Morgan fingerprint density at radius 2 is 1.92 bits per heavy atom. The predicted molar refractivity (Wildman–Crippen MR) is 88.9 cm³/mol. The largest absolute Gasteiger partial charge is 0.463 e. The monoisotopic (exact) mass is 418 g/mol. The van der Waals surface area contributed by atoms with Crippen molar-refractivity contribution in [1.29, 1.82) is 5.41 Å². The summed E-state index contributed by atoms with van der Waals surface area (Å²) < 4.78 is 24.3. The highest BCUT2D eigenvalue weighted by Gasteiger charge is 2.49. The molecule has 5 atom stereocenters. The SMILES string of the molecule is COC1C(COC(C)=O)OC(OC(=N)C(Cl)(Cl)Cl)C(N=[N+]=[N-])C1OC. The summed E-state index contributed by atoms with van der Waals surface area (Å²) in [5.41, 5.74) is 8.79. The molecule has 1 fully saturated rings. The number of halogens is 3. The van der Waals surface area contributed by atoms with Gasteiger partial charge in [0.15, 0.2) is 0 Å². The maximum Gasteiger partial charge on any atom is 0.302 e. The molecule has 0 amide bonds. The van der Waals surface area contributed by atoms with E-state index in [1.54, 1.807) is 0 Å². The third kappa shape index (κ3) is 6.03. The Labute approximate surface area is 158 Å². The van der Waals surface area contributed by atoms with Crippen molar-refractivity contribution in [2.45, 2.75) is 41.4 Å². The van der Waals surface area contributed by atoms with E-state index in [1.807, 2.05) is 0 Å². The number of methoxy groups -OCH3 is 2. The van der Waals surface area contributed by atoms with Gasteiger partial charge in [-0.2, -0.15) is 0 Å². The van der Waals surface area contributed by atoms with Crippen LogP contribution in [0.1, 0.15) is 6.92 Å². The average Bonchev–Trinajstić information content (AvgIpc) is 2.53. The van der Waals surface area contributed by atoms with Crippen molar-refractivity contribution in [3.8, 4) is 0 Å². The summed E-state index contributed by atoms with van der Waals surface area (Å²) in [6.45, 7) is 1.05. The van der Waals surface area contributed by atoms with Crippen LogP contribution in [0.4, 0.5) is 0 Å². The van der Waals surface area contributed by atoms with E-state index >= 15 is 0 Å². The highest BCUT2D eigenvalue weighted by molar-refractivity contribution is 6.76. The average molecular weight is 420 g/mol. The molecule has 0 aromatic carbocycles. The fourth-order valence-electron chi connectivity index (χ4n) is 2.24. The van der Waals surface area contributed by atoms with Gasteiger partial charge < -0.3 is 23.7 Å². The minimum atomic E-state index is -2.14. The molecule has 1 N–H and O–H groups in total. The van der Waals surface area contributed by atoms with E-state index in [0.29, 0.717) is 0 Å². The van der Waals surface area contributed by atoms with E-state index < -0.39 is 46.3 Å². The Morgan fingerprint density at radius 3 is 2.36 bits per heavy atom. The van der Waals surface area contributed by atoms with Crippen LogP contribution in [0.15, 0.2) is 5.11 Å². The molecule has 1 aliphatic rings. The minimum absolute atomic E-state index is 0.183. The van der Waals surface area contributed by atoms with Crippen LogP contribution in [0.25, 0.3) is 10.4 Å². The highest BCUT2D eigenvalue weighted by Crippen LogP contribution is 2.33. The van der Waals surface area contributed by atoms with Crippen molar-refractivity contribution in [3.05, 3.63) is 10.4 Å². The van der Waals surface area contributed by atoms with Crippen molar-refractivity contribution < 1.29 is 28.5 Å². The molecule has 5 unspecified atom stereocenters. The lowest BCUT2D eigenvalue weighted by molar-refractivity contribution is -0.255. The van der Waals surface area contributed by atoms with E-state index in [-0.39, 0.29) is 6.61 Å². The Balaban J connectivity index is 3.10. The summed E-state index contributed by atoms with van der Waals surface area (Å²) in [5.74, 6) is -1.27. The lowest BCUT2D eigenvalue weighted by atomic mass is 9.97. The Morgan fingerprint density at radius 1 is 1.32 bits per heavy atom. The zero-order valence-corrected chi connectivity index (χ0v) is 15.8. The first-order chi connectivity index (χ1) is 11.6. The first kappa shape index (κ1) is 22.0. The fourth-order valence-corrected chi connectivity index (χ4v) is 2.38. The zero-order chi connectivity index (χ0) is 19.2. The first-order valence-electron chi connectivity index (χ1n) is 6.86. The van der Waals surface area contributed by atoms with E-state index in [4.69, 9.17) is 69.4 Å². The molecule has 0 spiro atoms. The molecule has 0 radical (unpaired) electrons. The number of hydrogen-bond donors (Lipinski definition) is 1. The summed E-state index contributed by atoms with van der Waals surface area (Å²) in [5, 5.41) is 11.2. The number of hydrogen-bond acceptors (Lipinski definition) is 8. The van der Waals surface area contributed by atoms with Crippen LogP contribution in [0, 0.1) is 5.41 Å². The number of esters is 1. The van der Waals surface area contributed by atoms with E-state index in [2.05, 4.69) is 10.0 Å². The lowest BCUT2D eigenvalue weighted by Crippen LogP contribution is -2.60. The molecule has 10 nitrogen and oxygen atoms in total. The summed E-state index contributed by atoms with van der Waals surface area (Å²) in [4.78, 5) is 13.8. The molecule has 0 saturated carbocycles. The van der Waals surface area contributed by atoms with Crippen LogP contribution in [0.3, 0.4) is 0 Å². The van der Waals surface area contributed by atoms with E-state index in [1.165, 1.54) is 21.1 Å². The molecule has 25 heavy (non-hydrogen) atoms. The second kappa shape index (κ2) is 9.63. The number of azide groups is 1. The molecule has 142 valence electrons. The molecule has 0 aliphatic carbocycles. The van der Waals surface area contributed by atoms with Gasteiger partial charge in [-0.15, -0.1) is 0 Å². The highest BCUT2D eigenvalue weighted by atomic mass is 35.6. The Bertz CT molecular complexity index is 539. The molecular formula is C12H17Cl3N4O6. The molecule has 1 rings (SSSR count). The number of nitrogens with zero attached hydrogens (tertiary/aromatic N) is 3. The summed E-state index contributed by atoms with van der Waals surface area (Å²) in [6, 6.07) is -1.05. The number of carbonyl (C=O) groups is 1. The molecule has 0 aromatic heterocycles. The van der Waals surface area contributed by atoms with Crippen LogP contribution >= 0.6 is 34.8 Å². The van der Waals surface area contributed by atoms with E-state index in [0.717, 1.165) is 0 Å². The smallest absolute Gasteiger partial charge is 0.302 e. The number of carbonyl (C=O) groups excluding carboxylic acids is 1. The van der Waals surface area contributed by atoms with Gasteiger partial charge in [-0.3, -0.25) is 10.2 Å². The van der Waals surface area contributed by atoms with Gasteiger partial charge in [-0.1, -0.05) is 39.9 Å². The number of nitrogens with one attached hydrogen (secondary N) is 1. The van der Waals surface area contributed by atoms with Gasteiger partial charge in [0.2, 0.25) is 12.2 Å². The van der Waals surface area contributed by atoms with E-state index in [9.17, 15) is 4.79 Å². The molecular weight excluding hydrogens is 403 g/mol. The standard InChI is InChI=1S/C12H17Cl3N4O6/c1-5(20)23-4-6-8(21-2)9(22-3)7(18-19-17)10(24-6)25-11(16)12(13,14)15/h6-10,16H,4H2,1-3H3. The molecule has 0 aromatic rings. The van der Waals surface area contributed by atoms with Crippen LogP contribution in [0.5, 0.6) is 0 Å². The van der Waals surface area contributed by atoms with Gasteiger partial charge in [-0.05, 0) is 5.53 Å². The Hall–Kier alpha value is -1.00. The molecule has 1 aliphatic heterocycles. The number of rotatable bonds is 6. The van der Waals surface area contributed by atoms with Gasteiger partial charge in [0.05, 0.1) is 0 Å². The van der Waals surface area contributed by atoms with Crippen molar-refractivity contribution in [2.24, 2.45) is 5.11 Å². The van der Waals surface area contributed by atoms with Gasteiger partial charge in [0, 0.05) is 26.1 Å². The van der Waals surface area contributed by atoms with Crippen LogP contribution < -0.4 is 0 Å². The zero-order valence-electron chi connectivity index (χ0n) is 13.5. The fraction of sp³-hybridized carbons (Fsp3) is 0.833. The summed E-state index contributed by atoms with van der Waals surface area (Å²) in [6.07, 6.45) is -3.74. The van der Waals surface area contributed by atoms with Crippen molar-refractivity contribution >= 4 is 46.7 Å². The maximum absolute atomic E-state index is 11.1. The van der Waals surface area contributed by atoms with Gasteiger partial charge in [-0.25, -0.2) is 0 Å². The molecule has 1 saturated heterocycles. The molecule has 0 bridgehead atoms. The summed E-state index contributed by atoms with van der Waals surface area (Å²) >= 11 is 16.8. The third-order valence-corrected chi connectivity index (χ3v) is 3.80. The van der Waals surface area contributed by atoms with Crippen molar-refractivity contribution in [3.63, 3.8) is 0 Å². The second-order valence-electron chi connectivity index (χ2n) is 4.89. The van der Waals surface area contributed by atoms with Gasteiger partial charge in [0.1, 0.15) is 31.0 Å². The molecule has 13 heteroatoms. The maximum atomic E-state index is 11.1. The second-order valence-corrected chi connectivity index (χ2v) is 7.17. The minimum Gasteiger partial charge on any atom is -0.463 e. The topological polar surface area (TPSA) is 136 Å². The lowest BCUT2D eigenvalue weighted by Gasteiger charge is -2.43. The van der Waals surface area contributed by atoms with Crippen molar-refractivity contribution in [1.82, 2.24) is 0 Å². The van der Waals surface area contributed by atoms with Crippen LogP contribution in [0.2, 0.25) is 0 Å². The van der Waals surface area contributed by atoms with Crippen LogP contribution in [-0.4, -0.2) is 67.1 Å².